The summed E-state index contributed by atoms with van der Waals surface area (Å²) in [4.78, 5) is 8.32. The van der Waals surface area contributed by atoms with Crippen molar-refractivity contribution in [1.29, 1.82) is 0 Å². The van der Waals surface area contributed by atoms with E-state index in [1.807, 2.05) is 0 Å². The maximum absolute atomic E-state index is 6.04. The van der Waals surface area contributed by atoms with Gasteiger partial charge in [0.15, 0.2) is 0 Å². The zero-order valence-corrected chi connectivity index (χ0v) is 12.1. The van der Waals surface area contributed by atoms with E-state index in [0.29, 0.717) is 33.4 Å². The summed E-state index contributed by atoms with van der Waals surface area (Å²) >= 11 is 11.8. The number of hydrogen-bond donors (Lipinski definition) is 1. The summed E-state index contributed by atoms with van der Waals surface area (Å²) in [5, 5.41) is 4.67. The van der Waals surface area contributed by atoms with Gasteiger partial charge in [0.05, 0.1) is 16.1 Å². The lowest BCUT2D eigenvalue weighted by Gasteiger charge is -2.08. The SMILES string of the molecule is CC(C)CC(N)c1nc(-c2ncc(Cl)cc2Cl)no1. The van der Waals surface area contributed by atoms with Crippen molar-refractivity contribution in [3.05, 3.63) is 28.2 Å². The van der Waals surface area contributed by atoms with Crippen molar-refractivity contribution < 1.29 is 4.52 Å². The first kappa shape index (κ1) is 14.2. The molecule has 0 saturated heterocycles. The largest absolute Gasteiger partial charge is 0.337 e. The van der Waals surface area contributed by atoms with E-state index < -0.39 is 0 Å². The molecule has 5 nitrogen and oxygen atoms in total. The van der Waals surface area contributed by atoms with Gasteiger partial charge in [0.25, 0.3) is 0 Å². The minimum Gasteiger partial charge on any atom is -0.337 e. The van der Waals surface area contributed by atoms with Gasteiger partial charge in [0.1, 0.15) is 5.69 Å². The van der Waals surface area contributed by atoms with Crippen molar-refractivity contribution in [2.45, 2.75) is 26.3 Å². The number of aromatic nitrogens is 3. The highest BCUT2D eigenvalue weighted by Gasteiger charge is 2.19. The third-order valence-corrected chi connectivity index (χ3v) is 3.00. The smallest absolute Gasteiger partial charge is 0.243 e. The first-order chi connectivity index (χ1) is 8.97. The highest BCUT2D eigenvalue weighted by molar-refractivity contribution is 6.35. The second-order valence-corrected chi connectivity index (χ2v) is 5.52. The second kappa shape index (κ2) is 5.86. The van der Waals surface area contributed by atoms with Gasteiger partial charge in [0, 0.05) is 6.20 Å². The third kappa shape index (κ3) is 3.43. The molecule has 19 heavy (non-hydrogen) atoms. The van der Waals surface area contributed by atoms with Gasteiger partial charge in [-0.15, -0.1) is 0 Å². The molecule has 102 valence electrons. The van der Waals surface area contributed by atoms with Crippen LogP contribution in [0.1, 0.15) is 32.2 Å². The molecule has 1 atom stereocenters. The third-order valence-electron chi connectivity index (χ3n) is 2.50. The van der Waals surface area contributed by atoms with Gasteiger partial charge in [-0.2, -0.15) is 4.98 Å². The number of nitrogens with zero attached hydrogens (tertiary/aromatic N) is 3. The van der Waals surface area contributed by atoms with E-state index in [1.165, 1.54) is 6.20 Å². The number of hydrogen-bond acceptors (Lipinski definition) is 5. The van der Waals surface area contributed by atoms with E-state index in [1.54, 1.807) is 6.07 Å². The number of rotatable bonds is 4. The van der Waals surface area contributed by atoms with Gasteiger partial charge in [-0.3, -0.25) is 0 Å². The standard InChI is InChI=1S/C12H14Cl2N4O/c1-6(2)3-9(15)12-17-11(18-19-12)10-8(14)4-7(13)5-16-10/h4-6,9H,3,15H2,1-2H3. The van der Waals surface area contributed by atoms with Crippen LogP contribution in [-0.4, -0.2) is 15.1 Å². The van der Waals surface area contributed by atoms with Gasteiger partial charge in [-0.05, 0) is 18.4 Å². The molecule has 0 amide bonds. The molecule has 0 spiro atoms. The van der Waals surface area contributed by atoms with Crippen LogP contribution in [0.2, 0.25) is 10.0 Å². The highest BCUT2D eigenvalue weighted by atomic mass is 35.5. The average molecular weight is 301 g/mol. The predicted molar refractivity (Wildman–Crippen MR) is 73.9 cm³/mol. The fourth-order valence-electron chi connectivity index (χ4n) is 1.67. The summed E-state index contributed by atoms with van der Waals surface area (Å²) in [5.74, 6) is 1.15. The monoisotopic (exact) mass is 300 g/mol. The summed E-state index contributed by atoms with van der Waals surface area (Å²) in [6.45, 7) is 4.16. The summed E-state index contributed by atoms with van der Waals surface area (Å²) < 4.78 is 5.15. The van der Waals surface area contributed by atoms with Gasteiger partial charge in [-0.1, -0.05) is 42.2 Å². The Kier molecular flexibility index (Phi) is 4.39. The normalized spacial score (nSPS) is 12.9. The summed E-state index contributed by atoms with van der Waals surface area (Å²) in [6, 6.07) is 1.29. The molecule has 0 saturated carbocycles. The number of nitrogens with two attached hydrogens (primary N) is 1. The van der Waals surface area contributed by atoms with E-state index in [0.717, 1.165) is 6.42 Å². The predicted octanol–water partition coefficient (Wildman–Crippen LogP) is 3.48. The Morgan fingerprint density at radius 3 is 2.74 bits per heavy atom. The Bertz CT molecular complexity index is 571. The summed E-state index contributed by atoms with van der Waals surface area (Å²) in [5.41, 5.74) is 6.41. The molecule has 7 heteroatoms. The summed E-state index contributed by atoms with van der Waals surface area (Å²) in [7, 11) is 0. The fraction of sp³-hybridized carbons (Fsp3) is 0.417. The quantitative estimate of drug-likeness (QED) is 0.935. The lowest BCUT2D eigenvalue weighted by atomic mass is 10.0. The van der Waals surface area contributed by atoms with Crippen LogP contribution in [0.15, 0.2) is 16.8 Å². The van der Waals surface area contributed by atoms with Crippen molar-refractivity contribution in [2.75, 3.05) is 0 Å². The van der Waals surface area contributed by atoms with Crippen LogP contribution in [-0.2, 0) is 0 Å². The molecule has 0 radical (unpaired) electrons. The molecule has 0 aromatic carbocycles. The van der Waals surface area contributed by atoms with Gasteiger partial charge < -0.3 is 10.3 Å². The molecular weight excluding hydrogens is 287 g/mol. The van der Waals surface area contributed by atoms with E-state index in [2.05, 4.69) is 29.0 Å². The van der Waals surface area contributed by atoms with E-state index in [-0.39, 0.29) is 6.04 Å². The first-order valence-electron chi connectivity index (χ1n) is 5.88. The van der Waals surface area contributed by atoms with Crippen LogP contribution in [0.5, 0.6) is 0 Å². The molecule has 2 rings (SSSR count). The van der Waals surface area contributed by atoms with Crippen LogP contribution < -0.4 is 5.73 Å². The van der Waals surface area contributed by atoms with Gasteiger partial charge in [0.2, 0.25) is 11.7 Å². The minimum absolute atomic E-state index is 0.285. The lowest BCUT2D eigenvalue weighted by molar-refractivity contribution is 0.335. The molecule has 0 fully saturated rings. The molecule has 0 aliphatic rings. The minimum atomic E-state index is -0.285. The van der Waals surface area contributed by atoms with Crippen LogP contribution in [0.3, 0.4) is 0 Å². The van der Waals surface area contributed by atoms with Crippen molar-refractivity contribution in [3.8, 4) is 11.5 Å². The Labute approximate surface area is 121 Å². The molecule has 2 N–H and O–H groups in total. The molecule has 0 aliphatic heterocycles. The molecule has 2 aromatic heterocycles. The van der Waals surface area contributed by atoms with Crippen LogP contribution >= 0.6 is 23.2 Å². The molecule has 2 heterocycles. The van der Waals surface area contributed by atoms with Gasteiger partial charge >= 0.3 is 0 Å². The second-order valence-electron chi connectivity index (χ2n) is 4.68. The first-order valence-corrected chi connectivity index (χ1v) is 6.63. The molecule has 2 aromatic rings. The average Bonchev–Trinajstić information content (AvgIpc) is 2.77. The van der Waals surface area contributed by atoms with Crippen LogP contribution in [0, 0.1) is 5.92 Å². The maximum atomic E-state index is 6.04. The Balaban J connectivity index is 2.25. The Hall–Kier alpha value is -1.17. The zero-order chi connectivity index (χ0) is 14.0. The molecule has 0 aliphatic carbocycles. The highest BCUT2D eigenvalue weighted by Crippen LogP contribution is 2.27. The van der Waals surface area contributed by atoms with Crippen molar-refractivity contribution >= 4 is 23.2 Å². The molecule has 1 unspecified atom stereocenters. The Morgan fingerprint density at radius 2 is 2.11 bits per heavy atom. The fourth-order valence-corrected chi connectivity index (χ4v) is 2.13. The Morgan fingerprint density at radius 1 is 1.37 bits per heavy atom. The van der Waals surface area contributed by atoms with Crippen molar-refractivity contribution in [3.63, 3.8) is 0 Å². The molecular formula is C12H14Cl2N4O. The molecule has 0 bridgehead atoms. The summed E-state index contributed by atoms with van der Waals surface area (Å²) in [6.07, 6.45) is 2.25. The lowest BCUT2D eigenvalue weighted by Crippen LogP contribution is -2.13. The van der Waals surface area contributed by atoms with E-state index in [9.17, 15) is 0 Å². The topological polar surface area (TPSA) is 77.8 Å². The van der Waals surface area contributed by atoms with E-state index >= 15 is 0 Å². The van der Waals surface area contributed by atoms with Gasteiger partial charge in [-0.25, -0.2) is 4.98 Å². The zero-order valence-electron chi connectivity index (χ0n) is 10.6. The number of halogens is 2. The van der Waals surface area contributed by atoms with Crippen molar-refractivity contribution in [1.82, 2.24) is 15.1 Å². The van der Waals surface area contributed by atoms with Crippen LogP contribution in [0.25, 0.3) is 11.5 Å². The number of pyridine rings is 1. The van der Waals surface area contributed by atoms with Crippen LogP contribution in [0.4, 0.5) is 0 Å². The maximum Gasteiger partial charge on any atom is 0.243 e. The van der Waals surface area contributed by atoms with Crippen molar-refractivity contribution in [2.24, 2.45) is 11.7 Å². The van der Waals surface area contributed by atoms with E-state index in [4.69, 9.17) is 33.5 Å².